The minimum Gasteiger partial charge on any atom is -0.316 e. The van der Waals surface area contributed by atoms with Crippen molar-refractivity contribution in [2.45, 2.75) is 44.1 Å². The molecule has 1 aromatic carbocycles. The highest BCUT2D eigenvalue weighted by Crippen LogP contribution is 2.33. The maximum Gasteiger partial charge on any atom is 0.126 e. The highest BCUT2D eigenvalue weighted by molar-refractivity contribution is 5.23. The summed E-state index contributed by atoms with van der Waals surface area (Å²) in [6.07, 6.45) is 6.03. The van der Waals surface area contributed by atoms with E-state index < -0.39 is 0 Å². The summed E-state index contributed by atoms with van der Waals surface area (Å²) in [5, 5.41) is 3.35. The second-order valence-electron chi connectivity index (χ2n) is 4.66. The van der Waals surface area contributed by atoms with E-state index in [1.165, 1.54) is 19.3 Å². The maximum atomic E-state index is 13.8. The summed E-state index contributed by atoms with van der Waals surface area (Å²) in [6.45, 7) is 0. The third-order valence-electron chi connectivity index (χ3n) is 3.69. The summed E-state index contributed by atoms with van der Waals surface area (Å²) in [5.74, 6) is 0.295. The van der Waals surface area contributed by atoms with Crippen molar-refractivity contribution < 1.29 is 4.39 Å². The molecule has 1 N–H and O–H groups in total. The van der Waals surface area contributed by atoms with Crippen molar-refractivity contribution in [1.29, 1.82) is 0 Å². The van der Waals surface area contributed by atoms with E-state index in [4.69, 9.17) is 0 Å². The first-order valence-electron chi connectivity index (χ1n) is 6.24. The van der Waals surface area contributed by atoms with E-state index in [1.807, 2.05) is 19.2 Å². The molecule has 0 radical (unpaired) electrons. The summed E-state index contributed by atoms with van der Waals surface area (Å²) in [6, 6.07) is 7.65. The highest BCUT2D eigenvalue weighted by atomic mass is 19.1. The Kier molecular flexibility index (Phi) is 3.94. The van der Waals surface area contributed by atoms with Crippen LogP contribution in [0.2, 0.25) is 0 Å². The van der Waals surface area contributed by atoms with Crippen LogP contribution in [0.15, 0.2) is 24.3 Å². The molecule has 0 saturated heterocycles. The van der Waals surface area contributed by atoms with Gasteiger partial charge in [-0.15, -0.1) is 0 Å². The number of rotatable bonds is 2. The summed E-state index contributed by atoms with van der Waals surface area (Å²) in [5.41, 5.74) is 0.892. The lowest BCUT2D eigenvalue weighted by Crippen LogP contribution is -2.31. The number of hydrogen-bond donors (Lipinski definition) is 1. The molecule has 1 aromatic rings. The molecule has 1 fully saturated rings. The van der Waals surface area contributed by atoms with Gasteiger partial charge in [-0.1, -0.05) is 37.5 Å². The van der Waals surface area contributed by atoms with Crippen molar-refractivity contribution in [2.24, 2.45) is 0 Å². The quantitative estimate of drug-likeness (QED) is 0.754. The van der Waals surface area contributed by atoms with Crippen LogP contribution in [-0.4, -0.2) is 13.1 Å². The number of benzene rings is 1. The van der Waals surface area contributed by atoms with Crippen LogP contribution in [0, 0.1) is 5.82 Å². The van der Waals surface area contributed by atoms with Gasteiger partial charge in [0.25, 0.3) is 0 Å². The average Bonchev–Trinajstić information content (AvgIpc) is 2.54. The Bertz CT molecular complexity index is 337. The molecule has 1 aliphatic rings. The summed E-state index contributed by atoms with van der Waals surface area (Å²) >= 11 is 0. The Hall–Kier alpha value is -0.890. The normalized spacial score (nSPS) is 26.4. The van der Waals surface area contributed by atoms with Crippen molar-refractivity contribution in [3.63, 3.8) is 0 Å². The predicted molar refractivity (Wildman–Crippen MR) is 65.1 cm³/mol. The lowest BCUT2D eigenvalue weighted by Gasteiger charge is -2.25. The molecule has 2 rings (SSSR count). The van der Waals surface area contributed by atoms with Crippen molar-refractivity contribution in [3.8, 4) is 0 Å². The molecule has 0 spiro atoms. The van der Waals surface area contributed by atoms with Gasteiger partial charge in [-0.05, 0) is 31.5 Å². The third kappa shape index (κ3) is 2.43. The molecule has 0 amide bonds. The van der Waals surface area contributed by atoms with E-state index in [9.17, 15) is 4.39 Å². The zero-order chi connectivity index (χ0) is 11.4. The van der Waals surface area contributed by atoms with E-state index in [0.29, 0.717) is 12.0 Å². The molecule has 1 saturated carbocycles. The third-order valence-corrected chi connectivity index (χ3v) is 3.69. The molecule has 88 valence electrons. The van der Waals surface area contributed by atoms with Crippen molar-refractivity contribution >= 4 is 0 Å². The highest BCUT2D eigenvalue weighted by Gasteiger charge is 2.25. The first kappa shape index (κ1) is 11.6. The summed E-state index contributed by atoms with van der Waals surface area (Å²) in [7, 11) is 1.99. The Morgan fingerprint density at radius 1 is 1.12 bits per heavy atom. The van der Waals surface area contributed by atoms with Gasteiger partial charge in [-0.25, -0.2) is 4.39 Å². The van der Waals surface area contributed by atoms with Gasteiger partial charge in [0.1, 0.15) is 5.82 Å². The van der Waals surface area contributed by atoms with Crippen molar-refractivity contribution in [3.05, 3.63) is 35.6 Å². The fourth-order valence-electron chi connectivity index (χ4n) is 2.80. The van der Waals surface area contributed by atoms with Crippen molar-refractivity contribution in [1.82, 2.24) is 5.32 Å². The van der Waals surface area contributed by atoms with Gasteiger partial charge >= 0.3 is 0 Å². The second-order valence-corrected chi connectivity index (χ2v) is 4.66. The Morgan fingerprint density at radius 2 is 1.88 bits per heavy atom. The minimum atomic E-state index is -0.0466. The monoisotopic (exact) mass is 221 g/mol. The van der Waals surface area contributed by atoms with Gasteiger partial charge in [-0.2, -0.15) is 0 Å². The van der Waals surface area contributed by atoms with Gasteiger partial charge in [-0.3, -0.25) is 0 Å². The number of hydrogen-bond acceptors (Lipinski definition) is 1. The van der Waals surface area contributed by atoms with Crippen LogP contribution in [-0.2, 0) is 0 Å². The first-order valence-corrected chi connectivity index (χ1v) is 6.24. The van der Waals surface area contributed by atoms with E-state index in [2.05, 4.69) is 5.32 Å². The van der Waals surface area contributed by atoms with Gasteiger partial charge in [0.05, 0.1) is 0 Å². The Balaban J connectivity index is 2.25. The first-order chi connectivity index (χ1) is 7.83. The molecule has 2 unspecified atom stereocenters. The largest absolute Gasteiger partial charge is 0.316 e. The zero-order valence-electron chi connectivity index (χ0n) is 9.88. The number of halogens is 1. The molecule has 1 nitrogen and oxygen atoms in total. The predicted octanol–water partition coefficient (Wildman–Crippen LogP) is 3.46. The Labute approximate surface area is 97.1 Å². The van der Waals surface area contributed by atoms with Crippen LogP contribution in [0.25, 0.3) is 0 Å². The van der Waals surface area contributed by atoms with Crippen LogP contribution in [0.4, 0.5) is 4.39 Å². The molecule has 0 heterocycles. The van der Waals surface area contributed by atoms with Crippen LogP contribution in [0.1, 0.15) is 43.6 Å². The van der Waals surface area contributed by atoms with Crippen LogP contribution in [0.3, 0.4) is 0 Å². The lowest BCUT2D eigenvalue weighted by atomic mass is 9.87. The van der Waals surface area contributed by atoms with Gasteiger partial charge in [0.15, 0.2) is 0 Å². The second kappa shape index (κ2) is 5.44. The van der Waals surface area contributed by atoms with E-state index >= 15 is 0 Å². The van der Waals surface area contributed by atoms with Crippen molar-refractivity contribution in [2.75, 3.05) is 7.05 Å². The van der Waals surface area contributed by atoms with Gasteiger partial charge in [0, 0.05) is 12.0 Å². The molecule has 0 aliphatic heterocycles. The molecule has 0 bridgehead atoms. The Morgan fingerprint density at radius 3 is 2.62 bits per heavy atom. The molecule has 0 aromatic heterocycles. The molecule has 2 heteroatoms. The maximum absolute atomic E-state index is 13.8. The molecule has 16 heavy (non-hydrogen) atoms. The fourth-order valence-corrected chi connectivity index (χ4v) is 2.80. The van der Waals surface area contributed by atoms with Crippen LogP contribution >= 0.6 is 0 Å². The smallest absolute Gasteiger partial charge is 0.126 e. The summed E-state index contributed by atoms with van der Waals surface area (Å²) in [4.78, 5) is 0. The van der Waals surface area contributed by atoms with E-state index in [1.54, 1.807) is 12.1 Å². The SMILES string of the molecule is CNC1CCCCCC1c1ccccc1F. The number of likely N-dealkylation sites (N-methyl/N-ethyl adjacent to an activating group) is 1. The van der Waals surface area contributed by atoms with Crippen LogP contribution < -0.4 is 5.32 Å². The average molecular weight is 221 g/mol. The number of nitrogens with one attached hydrogen (secondary N) is 1. The molecule has 2 atom stereocenters. The molecular formula is C14H20FN. The van der Waals surface area contributed by atoms with E-state index in [-0.39, 0.29) is 5.82 Å². The van der Waals surface area contributed by atoms with Crippen LogP contribution in [0.5, 0.6) is 0 Å². The van der Waals surface area contributed by atoms with E-state index in [0.717, 1.165) is 18.4 Å². The fraction of sp³-hybridized carbons (Fsp3) is 0.571. The van der Waals surface area contributed by atoms with Gasteiger partial charge in [0.2, 0.25) is 0 Å². The zero-order valence-corrected chi connectivity index (χ0v) is 9.88. The lowest BCUT2D eigenvalue weighted by molar-refractivity contribution is 0.425. The summed E-state index contributed by atoms with van der Waals surface area (Å²) < 4.78 is 13.8. The van der Waals surface area contributed by atoms with Gasteiger partial charge < -0.3 is 5.32 Å². The molecular weight excluding hydrogens is 201 g/mol. The minimum absolute atomic E-state index is 0.0466. The molecule has 1 aliphatic carbocycles. The standard InChI is InChI=1S/C14H20FN/c1-16-14-10-4-2-3-8-12(14)11-7-5-6-9-13(11)15/h5-7,9,12,14,16H,2-4,8,10H2,1H3. The topological polar surface area (TPSA) is 12.0 Å².